The summed E-state index contributed by atoms with van der Waals surface area (Å²) in [7, 11) is 0. The van der Waals surface area contributed by atoms with Gasteiger partial charge in [0.1, 0.15) is 11.5 Å². The Bertz CT molecular complexity index is 995. The normalized spacial score (nSPS) is 18.6. The van der Waals surface area contributed by atoms with Crippen molar-refractivity contribution < 1.29 is 31.4 Å². The number of rotatable bonds is 6. The first-order valence-electron chi connectivity index (χ1n) is 8.85. The number of pyridine rings is 1. The number of nitrogens with zero attached hydrogens (tertiary/aromatic N) is 4. The summed E-state index contributed by atoms with van der Waals surface area (Å²) >= 11 is 0. The third-order valence-corrected chi connectivity index (χ3v) is 4.30. The van der Waals surface area contributed by atoms with E-state index in [4.69, 9.17) is 0 Å². The Morgan fingerprint density at radius 1 is 1.19 bits per heavy atom. The van der Waals surface area contributed by atoms with E-state index in [0.29, 0.717) is 5.69 Å². The predicted octanol–water partition coefficient (Wildman–Crippen LogP) is 3.84. The van der Waals surface area contributed by atoms with Crippen molar-refractivity contribution >= 4 is 17.5 Å². The molecule has 1 unspecified atom stereocenters. The van der Waals surface area contributed by atoms with Gasteiger partial charge in [-0.15, -0.1) is 0 Å². The predicted molar refractivity (Wildman–Crippen MR) is 98.4 cm³/mol. The monoisotopic (exact) mass is 446 g/mol. The van der Waals surface area contributed by atoms with Crippen LogP contribution in [0.1, 0.15) is 24.4 Å². The van der Waals surface area contributed by atoms with Crippen LogP contribution in [0.4, 0.5) is 38.2 Å². The number of allylic oxidation sites excluding steroid dienone is 2. The Hall–Kier alpha value is -3.22. The minimum Gasteiger partial charge on any atom is -0.380 e. The first-order chi connectivity index (χ1) is 14.5. The molecule has 0 fully saturated rings. The third kappa shape index (κ3) is 5.29. The molecule has 0 bridgehead atoms. The summed E-state index contributed by atoms with van der Waals surface area (Å²) in [6.07, 6.45) is -7.45. The fraction of sp³-hybridized carbons (Fsp3) is 0.333. The summed E-state index contributed by atoms with van der Waals surface area (Å²) in [5.41, 5.74) is -1.32. The molecule has 3 rings (SSSR count). The Kier molecular flexibility index (Phi) is 6.15. The van der Waals surface area contributed by atoms with E-state index in [0.717, 1.165) is 0 Å². The van der Waals surface area contributed by atoms with Gasteiger partial charge < -0.3 is 15.7 Å². The lowest BCUT2D eigenvalue weighted by molar-refractivity contribution is -0.107. The van der Waals surface area contributed by atoms with Crippen molar-refractivity contribution in [2.45, 2.75) is 37.6 Å². The molecule has 2 aromatic heterocycles. The van der Waals surface area contributed by atoms with E-state index in [9.17, 15) is 31.4 Å². The molecule has 0 radical (unpaired) electrons. The van der Waals surface area contributed by atoms with Gasteiger partial charge in [-0.05, 0) is 18.6 Å². The molecule has 2 aromatic rings. The number of halogens is 6. The Balaban J connectivity index is 1.96. The Morgan fingerprint density at radius 2 is 1.90 bits per heavy atom. The first-order valence-corrected chi connectivity index (χ1v) is 8.85. The summed E-state index contributed by atoms with van der Waals surface area (Å²) < 4.78 is 80.0. The highest BCUT2D eigenvalue weighted by Crippen LogP contribution is 2.41. The molecule has 0 spiro atoms. The van der Waals surface area contributed by atoms with Gasteiger partial charge in [-0.2, -0.15) is 28.1 Å². The van der Waals surface area contributed by atoms with Crippen LogP contribution >= 0.6 is 0 Å². The van der Waals surface area contributed by atoms with Crippen LogP contribution in [0, 0.1) is 0 Å². The zero-order valence-electron chi connectivity index (χ0n) is 15.7. The van der Waals surface area contributed by atoms with E-state index in [2.05, 4.69) is 31.8 Å². The van der Waals surface area contributed by atoms with Gasteiger partial charge in [0.05, 0.1) is 12.2 Å². The molecule has 166 valence electrons. The molecule has 1 atom stereocenters. The molecular weight excluding hydrogens is 430 g/mol. The van der Waals surface area contributed by atoms with Crippen molar-refractivity contribution in [2.24, 2.45) is 0 Å². The maximum absolute atomic E-state index is 14.4. The van der Waals surface area contributed by atoms with E-state index < -0.39 is 59.9 Å². The molecule has 0 aromatic carbocycles. The van der Waals surface area contributed by atoms with Crippen molar-refractivity contribution in [2.75, 3.05) is 10.6 Å². The zero-order valence-corrected chi connectivity index (χ0v) is 15.7. The molecule has 1 aliphatic carbocycles. The molecule has 7 nitrogen and oxygen atoms in total. The molecule has 0 saturated carbocycles. The van der Waals surface area contributed by atoms with Gasteiger partial charge in [0.15, 0.2) is 11.9 Å². The van der Waals surface area contributed by atoms with E-state index >= 15 is 0 Å². The molecule has 0 amide bonds. The molecule has 0 saturated heterocycles. The molecule has 0 aliphatic heterocycles. The van der Waals surface area contributed by atoms with E-state index in [1.54, 1.807) is 18.2 Å². The minimum absolute atomic E-state index is 0.0617. The zero-order chi connectivity index (χ0) is 22.8. The van der Waals surface area contributed by atoms with Crippen LogP contribution < -0.4 is 10.6 Å². The molecule has 2 heterocycles. The minimum atomic E-state index is -4.82. The van der Waals surface area contributed by atoms with Crippen LogP contribution in [-0.2, 0) is 6.54 Å². The molecule has 1 aliphatic rings. The van der Waals surface area contributed by atoms with E-state index in [-0.39, 0.29) is 12.5 Å². The number of anilines is 2. The maximum Gasteiger partial charge on any atom is 0.430 e. The van der Waals surface area contributed by atoms with Crippen LogP contribution in [0.15, 0.2) is 42.5 Å². The summed E-state index contributed by atoms with van der Waals surface area (Å²) in [4.78, 5) is 15.4. The number of aliphatic hydroxyl groups excluding tert-OH is 1. The third-order valence-electron chi connectivity index (χ3n) is 4.30. The van der Waals surface area contributed by atoms with Gasteiger partial charge >= 0.3 is 6.18 Å². The van der Waals surface area contributed by atoms with Crippen molar-refractivity contribution in [3.8, 4) is 0 Å². The topological polar surface area (TPSA) is 95.9 Å². The van der Waals surface area contributed by atoms with Crippen molar-refractivity contribution in [3.63, 3.8) is 0 Å². The number of hydrogen-bond acceptors (Lipinski definition) is 7. The molecule has 3 N–H and O–H groups in total. The SMILES string of the molecule is C=C(Nc1nc(NCc2ccccn2)nc(C2=C(F)C(O)C(F)(F)CC2)n1)C(F)(F)F. The highest BCUT2D eigenvalue weighted by molar-refractivity contribution is 5.66. The smallest absolute Gasteiger partial charge is 0.380 e. The lowest BCUT2D eigenvalue weighted by atomic mass is 9.92. The average molecular weight is 446 g/mol. The number of hydrogen-bond donors (Lipinski definition) is 3. The fourth-order valence-electron chi connectivity index (χ4n) is 2.64. The summed E-state index contributed by atoms with van der Waals surface area (Å²) in [6, 6.07) is 5.03. The van der Waals surface area contributed by atoms with Crippen LogP contribution in [0.3, 0.4) is 0 Å². The number of aromatic nitrogens is 4. The molecular formula is C18H16F6N6O. The lowest BCUT2D eigenvalue weighted by Gasteiger charge is -2.27. The summed E-state index contributed by atoms with van der Waals surface area (Å²) in [6.45, 7) is 2.90. The number of aliphatic hydroxyl groups is 1. The van der Waals surface area contributed by atoms with Gasteiger partial charge in [0, 0.05) is 18.2 Å². The number of nitrogens with one attached hydrogen (secondary N) is 2. The van der Waals surface area contributed by atoms with Crippen LogP contribution in [-0.4, -0.2) is 43.2 Å². The quantitative estimate of drug-likeness (QED) is 0.581. The Labute approximate surface area is 172 Å². The van der Waals surface area contributed by atoms with Gasteiger partial charge in [-0.25, -0.2) is 13.2 Å². The van der Waals surface area contributed by atoms with Gasteiger partial charge in [-0.1, -0.05) is 12.6 Å². The van der Waals surface area contributed by atoms with E-state index in [1.807, 2.05) is 5.32 Å². The highest BCUT2D eigenvalue weighted by atomic mass is 19.4. The molecule has 31 heavy (non-hydrogen) atoms. The fourth-order valence-corrected chi connectivity index (χ4v) is 2.64. The van der Waals surface area contributed by atoms with Gasteiger partial charge in [0.2, 0.25) is 11.9 Å². The summed E-state index contributed by atoms with van der Waals surface area (Å²) in [5, 5.41) is 14.1. The standard InChI is InChI=1S/C18H16F6N6O/c1-9(18(22,23)24)27-16-29-14(11-5-6-17(20,21)13(31)12(11)19)28-15(30-16)26-8-10-4-2-3-7-25-10/h2-4,7,13,31H,1,5-6,8H2,(H2,26,27,28,29,30). The second-order valence-corrected chi connectivity index (χ2v) is 6.57. The van der Waals surface area contributed by atoms with Crippen molar-refractivity contribution in [3.05, 3.63) is 54.0 Å². The largest absolute Gasteiger partial charge is 0.430 e. The highest BCUT2D eigenvalue weighted by Gasteiger charge is 2.46. The van der Waals surface area contributed by atoms with Crippen molar-refractivity contribution in [1.82, 2.24) is 19.9 Å². The maximum atomic E-state index is 14.4. The van der Waals surface area contributed by atoms with Gasteiger partial charge in [-0.3, -0.25) is 4.98 Å². The first kappa shape index (κ1) is 22.5. The number of alkyl halides is 5. The van der Waals surface area contributed by atoms with Gasteiger partial charge in [0.25, 0.3) is 5.92 Å². The Morgan fingerprint density at radius 3 is 2.55 bits per heavy atom. The van der Waals surface area contributed by atoms with Crippen molar-refractivity contribution in [1.29, 1.82) is 0 Å². The lowest BCUT2D eigenvalue weighted by Crippen LogP contribution is -2.37. The second-order valence-electron chi connectivity index (χ2n) is 6.57. The average Bonchev–Trinajstić information content (AvgIpc) is 2.70. The van der Waals surface area contributed by atoms with E-state index in [1.165, 1.54) is 6.20 Å². The van der Waals surface area contributed by atoms with Crippen LogP contribution in [0.2, 0.25) is 0 Å². The summed E-state index contributed by atoms with van der Waals surface area (Å²) in [5.74, 6) is -6.64. The second kappa shape index (κ2) is 8.49. The van der Waals surface area contributed by atoms with Crippen LogP contribution in [0.5, 0.6) is 0 Å². The molecule has 13 heteroatoms. The van der Waals surface area contributed by atoms with Crippen LogP contribution in [0.25, 0.3) is 5.57 Å².